The molecule has 2 aliphatic rings. The van der Waals surface area contributed by atoms with Gasteiger partial charge in [0.25, 0.3) is 0 Å². The Morgan fingerprint density at radius 1 is 1.29 bits per heavy atom. The molecule has 2 atom stereocenters. The molecule has 2 unspecified atom stereocenters. The lowest BCUT2D eigenvalue weighted by Gasteiger charge is -2.21. The van der Waals surface area contributed by atoms with Gasteiger partial charge < -0.3 is 10.1 Å². The standard InChI is InChI=1S/C15H29NO/c1-4-16-14(12-8-9-12)7-5-6-13-10-11-15(2,3)17-13/h12-14,16H,4-11H2,1-3H3. The van der Waals surface area contributed by atoms with Gasteiger partial charge in [-0.25, -0.2) is 0 Å². The Kier molecular flexibility index (Phi) is 4.48. The summed E-state index contributed by atoms with van der Waals surface area (Å²) in [5, 5.41) is 3.65. The van der Waals surface area contributed by atoms with E-state index in [2.05, 4.69) is 26.1 Å². The van der Waals surface area contributed by atoms with E-state index in [1.165, 1.54) is 44.9 Å². The third kappa shape index (κ3) is 4.26. The molecule has 1 saturated heterocycles. The Bertz CT molecular complexity index is 235. The minimum Gasteiger partial charge on any atom is -0.372 e. The highest BCUT2D eigenvalue weighted by molar-refractivity contribution is 4.87. The van der Waals surface area contributed by atoms with Gasteiger partial charge in [-0.15, -0.1) is 0 Å². The molecule has 0 aromatic heterocycles. The van der Waals surface area contributed by atoms with Crippen LogP contribution in [0.2, 0.25) is 0 Å². The summed E-state index contributed by atoms with van der Waals surface area (Å²) in [6.45, 7) is 7.78. The second-order valence-corrected chi connectivity index (χ2v) is 6.47. The minimum absolute atomic E-state index is 0.141. The molecule has 2 heteroatoms. The molecule has 0 bridgehead atoms. The summed E-state index contributed by atoms with van der Waals surface area (Å²) in [6.07, 6.45) is 9.87. The highest BCUT2D eigenvalue weighted by Crippen LogP contribution is 2.36. The Morgan fingerprint density at radius 2 is 2.06 bits per heavy atom. The molecule has 1 N–H and O–H groups in total. The van der Waals surface area contributed by atoms with Crippen molar-refractivity contribution < 1.29 is 4.74 Å². The molecule has 0 aromatic carbocycles. The third-order valence-corrected chi connectivity index (χ3v) is 4.25. The smallest absolute Gasteiger partial charge is 0.0631 e. The van der Waals surface area contributed by atoms with Gasteiger partial charge in [0.2, 0.25) is 0 Å². The molecule has 1 heterocycles. The van der Waals surface area contributed by atoms with Gasteiger partial charge in [0, 0.05) is 6.04 Å². The molecule has 0 spiro atoms. The quantitative estimate of drug-likeness (QED) is 0.734. The predicted octanol–water partition coefficient (Wildman–Crippen LogP) is 3.50. The monoisotopic (exact) mass is 239 g/mol. The molecule has 0 radical (unpaired) electrons. The summed E-state index contributed by atoms with van der Waals surface area (Å²) in [4.78, 5) is 0. The van der Waals surface area contributed by atoms with Crippen molar-refractivity contribution in [2.75, 3.05) is 6.54 Å². The first-order valence-corrected chi connectivity index (χ1v) is 7.52. The molecule has 1 saturated carbocycles. The lowest BCUT2D eigenvalue weighted by molar-refractivity contribution is -0.0193. The van der Waals surface area contributed by atoms with Crippen LogP contribution >= 0.6 is 0 Å². The molecule has 1 aliphatic heterocycles. The number of rotatable bonds is 7. The first-order chi connectivity index (χ1) is 8.11. The fourth-order valence-electron chi connectivity index (χ4n) is 3.11. The molecule has 17 heavy (non-hydrogen) atoms. The van der Waals surface area contributed by atoms with Crippen molar-refractivity contribution in [2.45, 2.75) is 83.5 Å². The molecule has 2 rings (SSSR count). The fourth-order valence-corrected chi connectivity index (χ4v) is 3.11. The number of hydrogen-bond acceptors (Lipinski definition) is 2. The summed E-state index contributed by atoms with van der Waals surface area (Å²) in [5.74, 6) is 0.982. The Labute approximate surface area is 107 Å². The van der Waals surface area contributed by atoms with Crippen LogP contribution in [-0.2, 0) is 4.74 Å². The zero-order valence-electron chi connectivity index (χ0n) is 11.8. The van der Waals surface area contributed by atoms with Crippen LogP contribution in [0.15, 0.2) is 0 Å². The minimum atomic E-state index is 0.141. The Balaban J connectivity index is 1.61. The van der Waals surface area contributed by atoms with Crippen LogP contribution in [-0.4, -0.2) is 24.3 Å². The van der Waals surface area contributed by atoms with Gasteiger partial charge in [0.05, 0.1) is 11.7 Å². The SMILES string of the molecule is CCNC(CCCC1CCC(C)(C)O1)C1CC1. The number of nitrogens with one attached hydrogen (secondary N) is 1. The van der Waals surface area contributed by atoms with Gasteiger partial charge in [-0.1, -0.05) is 6.92 Å². The summed E-state index contributed by atoms with van der Waals surface area (Å²) in [5.41, 5.74) is 0.141. The molecular formula is C15H29NO. The number of ether oxygens (including phenoxy) is 1. The van der Waals surface area contributed by atoms with E-state index in [4.69, 9.17) is 4.74 Å². The van der Waals surface area contributed by atoms with Crippen LogP contribution < -0.4 is 5.32 Å². The van der Waals surface area contributed by atoms with Gasteiger partial charge in [0.1, 0.15) is 0 Å². The van der Waals surface area contributed by atoms with Crippen LogP contribution in [0.25, 0.3) is 0 Å². The normalized spacial score (nSPS) is 29.5. The summed E-state index contributed by atoms with van der Waals surface area (Å²) >= 11 is 0. The van der Waals surface area contributed by atoms with Crippen LogP contribution in [0.5, 0.6) is 0 Å². The van der Waals surface area contributed by atoms with Crippen LogP contribution in [0, 0.1) is 5.92 Å². The van der Waals surface area contributed by atoms with Crippen molar-refractivity contribution in [3.63, 3.8) is 0 Å². The Morgan fingerprint density at radius 3 is 2.59 bits per heavy atom. The predicted molar refractivity (Wildman–Crippen MR) is 72.2 cm³/mol. The van der Waals surface area contributed by atoms with E-state index in [-0.39, 0.29) is 5.60 Å². The van der Waals surface area contributed by atoms with E-state index in [0.29, 0.717) is 6.10 Å². The fraction of sp³-hybridized carbons (Fsp3) is 1.00. The largest absolute Gasteiger partial charge is 0.372 e. The second kappa shape index (κ2) is 5.71. The molecule has 2 fully saturated rings. The van der Waals surface area contributed by atoms with E-state index in [9.17, 15) is 0 Å². The third-order valence-electron chi connectivity index (χ3n) is 4.25. The molecule has 100 valence electrons. The van der Waals surface area contributed by atoms with Gasteiger partial charge in [-0.3, -0.25) is 0 Å². The summed E-state index contributed by atoms with van der Waals surface area (Å²) in [7, 11) is 0. The molecule has 1 aliphatic carbocycles. The van der Waals surface area contributed by atoms with Crippen molar-refractivity contribution in [2.24, 2.45) is 5.92 Å². The second-order valence-electron chi connectivity index (χ2n) is 6.47. The summed E-state index contributed by atoms with van der Waals surface area (Å²) in [6, 6.07) is 0.786. The maximum absolute atomic E-state index is 6.05. The molecule has 2 nitrogen and oxygen atoms in total. The van der Waals surface area contributed by atoms with Crippen molar-refractivity contribution in [1.82, 2.24) is 5.32 Å². The van der Waals surface area contributed by atoms with E-state index in [0.717, 1.165) is 18.5 Å². The van der Waals surface area contributed by atoms with Crippen LogP contribution in [0.4, 0.5) is 0 Å². The van der Waals surface area contributed by atoms with Crippen molar-refractivity contribution in [1.29, 1.82) is 0 Å². The topological polar surface area (TPSA) is 21.3 Å². The molecule has 0 aromatic rings. The lowest BCUT2D eigenvalue weighted by atomic mass is 10.0. The maximum Gasteiger partial charge on any atom is 0.0631 e. The van der Waals surface area contributed by atoms with E-state index < -0.39 is 0 Å². The average molecular weight is 239 g/mol. The van der Waals surface area contributed by atoms with Crippen molar-refractivity contribution >= 4 is 0 Å². The number of hydrogen-bond donors (Lipinski definition) is 1. The average Bonchev–Trinajstić information content (AvgIpc) is 3.03. The van der Waals surface area contributed by atoms with E-state index >= 15 is 0 Å². The zero-order valence-corrected chi connectivity index (χ0v) is 11.8. The summed E-state index contributed by atoms with van der Waals surface area (Å²) < 4.78 is 6.05. The molecular weight excluding hydrogens is 210 g/mol. The zero-order chi connectivity index (χ0) is 12.3. The van der Waals surface area contributed by atoms with Crippen LogP contribution in [0.1, 0.15) is 65.7 Å². The van der Waals surface area contributed by atoms with Gasteiger partial charge in [-0.05, 0) is 71.3 Å². The van der Waals surface area contributed by atoms with Crippen molar-refractivity contribution in [3.05, 3.63) is 0 Å². The highest BCUT2D eigenvalue weighted by atomic mass is 16.5. The highest BCUT2D eigenvalue weighted by Gasteiger charge is 2.33. The van der Waals surface area contributed by atoms with E-state index in [1.807, 2.05) is 0 Å². The molecule has 0 amide bonds. The van der Waals surface area contributed by atoms with Gasteiger partial charge in [-0.2, -0.15) is 0 Å². The first kappa shape index (κ1) is 13.4. The first-order valence-electron chi connectivity index (χ1n) is 7.52. The maximum atomic E-state index is 6.05. The van der Waals surface area contributed by atoms with Crippen molar-refractivity contribution in [3.8, 4) is 0 Å². The van der Waals surface area contributed by atoms with Gasteiger partial charge in [0.15, 0.2) is 0 Å². The van der Waals surface area contributed by atoms with E-state index in [1.54, 1.807) is 0 Å². The van der Waals surface area contributed by atoms with Gasteiger partial charge >= 0.3 is 0 Å². The lowest BCUT2D eigenvalue weighted by Crippen LogP contribution is -2.31. The van der Waals surface area contributed by atoms with Crippen LogP contribution in [0.3, 0.4) is 0 Å². The Hall–Kier alpha value is -0.0800.